The normalized spacial score (nSPS) is 11.5. The fraction of sp³-hybridized carbons (Fsp3) is 0.231. The summed E-state index contributed by atoms with van der Waals surface area (Å²) in [5, 5.41) is 5.46. The van der Waals surface area contributed by atoms with Crippen molar-refractivity contribution in [3.05, 3.63) is 96.1 Å². The number of hydrogen-bond donors (Lipinski definition) is 0. The Morgan fingerprint density at radius 1 is 0.556 bits per heavy atom. The Morgan fingerprint density at radius 2 is 1.07 bits per heavy atom. The average molecular weight is 370 g/mol. The molecule has 0 spiro atoms. The molecule has 1 unspecified atom stereocenters. The molecule has 27 heavy (non-hydrogen) atoms. The summed E-state index contributed by atoms with van der Waals surface area (Å²) in [5.41, 5.74) is 2.94. The van der Waals surface area contributed by atoms with Crippen molar-refractivity contribution in [2.75, 3.05) is 6.16 Å². The highest BCUT2D eigenvalue weighted by molar-refractivity contribution is 7.16. The van der Waals surface area contributed by atoms with Gasteiger partial charge in [-0.2, -0.15) is 0 Å². The van der Waals surface area contributed by atoms with E-state index in [1.807, 2.05) is 0 Å². The van der Waals surface area contributed by atoms with E-state index in [2.05, 4.69) is 94.2 Å². The summed E-state index contributed by atoms with van der Waals surface area (Å²) < 4.78 is 0. The molecular formula is C26H27P. The molecule has 0 bridgehead atoms. The largest absolute Gasteiger partial charge is 0.138 e. The molecule has 0 saturated carbocycles. The van der Waals surface area contributed by atoms with E-state index in [1.54, 1.807) is 0 Å². The first-order valence-corrected chi connectivity index (χ1v) is 10.9. The molecule has 0 heterocycles. The maximum absolute atomic E-state index is 2.86. The Balaban J connectivity index is 1.83. The van der Waals surface area contributed by atoms with Gasteiger partial charge in [-0.3, -0.25) is 0 Å². The summed E-state index contributed by atoms with van der Waals surface area (Å²) in [4.78, 5) is 0. The van der Waals surface area contributed by atoms with E-state index in [1.165, 1.54) is 64.5 Å². The number of rotatable bonds is 7. The average Bonchev–Trinajstić information content (AvgIpc) is 2.73. The molecule has 0 nitrogen and oxygen atoms in total. The van der Waals surface area contributed by atoms with E-state index >= 15 is 0 Å². The topological polar surface area (TPSA) is 0 Å². The van der Waals surface area contributed by atoms with Crippen LogP contribution >= 0.6 is 9.24 Å². The standard InChI is InChI=1S/C26H27P/c27-19-7-1-2-16-26(24-17-8-12-20-10-3-5-14-22(20)24)25-18-9-13-21-11-4-6-15-23(21)25/h3-6,8-15,17-18,26H,1-2,7,16,19,27H2. The van der Waals surface area contributed by atoms with Gasteiger partial charge in [0.15, 0.2) is 0 Å². The molecular weight excluding hydrogens is 343 g/mol. The van der Waals surface area contributed by atoms with Gasteiger partial charge in [0.2, 0.25) is 0 Å². The molecule has 0 N–H and O–H groups in total. The summed E-state index contributed by atoms with van der Waals surface area (Å²) in [6, 6.07) is 31.2. The van der Waals surface area contributed by atoms with E-state index in [9.17, 15) is 0 Å². The Hall–Kier alpha value is -2.17. The van der Waals surface area contributed by atoms with Crippen molar-refractivity contribution in [2.45, 2.75) is 31.6 Å². The smallest absolute Gasteiger partial charge is 0.0102 e. The van der Waals surface area contributed by atoms with Crippen LogP contribution in [0.15, 0.2) is 84.9 Å². The van der Waals surface area contributed by atoms with Gasteiger partial charge in [-0.1, -0.05) is 97.8 Å². The van der Waals surface area contributed by atoms with Gasteiger partial charge < -0.3 is 0 Å². The third-order valence-electron chi connectivity index (χ3n) is 5.59. The first-order chi connectivity index (χ1) is 13.4. The van der Waals surface area contributed by atoms with Gasteiger partial charge in [0.25, 0.3) is 0 Å². The summed E-state index contributed by atoms with van der Waals surface area (Å²) in [6.07, 6.45) is 6.27. The van der Waals surface area contributed by atoms with Gasteiger partial charge in [-0.25, -0.2) is 0 Å². The third kappa shape index (κ3) is 3.92. The van der Waals surface area contributed by atoms with E-state index in [0.29, 0.717) is 5.92 Å². The monoisotopic (exact) mass is 370 g/mol. The third-order valence-corrected chi connectivity index (χ3v) is 6.00. The second-order valence-electron chi connectivity index (χ2n) is 7.33. The van der Waals surface area contributed by atoms with Crippen molar-refractivity contribution in [3.63, 3.8) is 0 Å². The molecule has 4 aromatic carbocycles. The fourth-order valence-corrected chi connectivity index (χ4v) is 4.55. The summed E-state index contributed by atoms with van der Waals surface area (Å²) in [5.74, 6) is 0.437. The number of hydrogen-bond acceptors (Lipinski definition) is 0. The van der Waals surface area contributed by atoms with Crippen molar-refractivity contribution in [1.29, 1.82) is 0 Å². The van der Waals surface area contributed by atoms with Crippen LogP contribution in [0.4, 0.5) is 0 Å². The maximum atomic E-state index is 2.86. The molecule has 0 saturated heterocycles. The minimum atomic E-state index is 0.437. The molecule has 0 aliphatic carbocycles. The van der Waals surface area contributed by atoms with Crippen LogP contribution in [0.25, 0.3) is 21.5 Å². The van der Waals surface area contributed by atoms with Crippen molar-refractivity contribution < 1.29 is 0 Å². The Morgan fingerprint density at radius 3 is 1.63 bits per heavy atom. The molecule has 0 radical (unpaired) electrons. The van der Waals surface area contributed by atoms with Crippen LogP contribution in [-0.4, -0.2) is 6.16 Å². The molecule has 1 atom stereocenters. The molecule has 0 amide bonds. The fourth-order valence-electron chi connectivity index (χ4n) is 4.26. The van der Waals surface area contributed by atoms with Crippen LogP contribution in [0.3, 0.4) is 0 Å². The molecule has 0 aromatic heterocycles. The van der Waals surface area contributed by atoms with E-state index < -0.39 is 0 Å². The second-order valence-corrected chi connectivity index (χ2v) is 7.90. The lowest BCUT2D eigenvalue weighted by atomic mass is 9.82. The van der Waals surface area contributed by atoms with Crippen molar-refractivity contribution >= 4 is 30.8 Å². The van der Waals surface area contributed by atoms with E-state index in [4.69, 9.17) is 0 Å². The van der Waals surface area contributed by atoms with Gasteiger partial charge in [0.1, 0.15) is 0 Å². The zero-order valence-corrected chi connectivity index (χ0v) is 16.9. The van der Waals surface area contributed by atoms with Crippen molar-refractivity contribution in [2.24, 2.45) is 0 Å². The number of fused-ring (bicyclic) bond motifs is 2. The molecule has 0 aliphatic heterocycles. The molecule has 4 rings (SSSR count). The molecule has 1 heteroatoms. The van der Waals surface area contributed by atoms with Gasteiger partial charge in [-0.05, 0) is 51.7 Å². The summed E-state index contributed by atoms with van der Waals surface area (Å²) in [7, 11) is 2.86. The quantitative estimate of drug-likeness (QED) is 0.232. The molecule has 0 aliphatic rings. The Kier molecular flexibility index (Phi) is 5.85. The Labute approximate surface area is 164 Å². The lowest BCUT2D eigenvalue weighted by molar-refractivity contribution is 0.625. The van der Waals surface area contributed by atoms with Crippen LogP contribution in [0.2, 0.25) is 0 Å². The van der Waals surface area contributed by atoms with Gasteiger partial charge in [0.05, 0.1) is 0 Å². The SMILES string of the molecule is PCCCCCC(c1cccc2ccccc12)c1cccc2ccccc12. The molecule has 4 aromatic rings. The number of unbranched alkanes of at least 4 members (excludes halogenated alkanes) is 2. The first kappa shape index (κ1) is 18.2. The van der Waals surface area contributed by atoms with Crippen LogP contribution in [0, 0.1) is 0 Å². The lowest BCUT2D eigenvalue weighted by Crippen LogP contribution is -2.03. The molecule has 0 fully saturated rings. The highest BCUT2D eigenvalue weighted by Gasteiger charge is 2.18. The van der Waals surface area contributed by atoms with Crippen LogP contribution in [-0.2, 0) is 0 Å². The number of benzene rings is 4. The summed E-state index contributed by atoms with van der Waals surface area (Å²) >= 11 is 0. The second kappa shape index (κ2) is 8.68. The van der Waals surface area contributed by atoms with E-state index in [-0.39, 0.29) is 0 Å². The van der Waals surface area contributed by atoms with E-state index in [0.717, 1.165) is 0 Å². The van der Waals surface area contributed by atoms with Crippen LogP contribution in [0.1, 0.15) is 42.7 Å². The highest BCUT2D eigenvalue weighted by Crippen LogP contribution is 2.37. The zero-order chi connectivity index (χ0) is 18.5. The zero-order valence-electron chi connectivity index (χ0n) is 15.8. The predicted molar refractivity (Wildman–Crippen MR) is 123 cm³/mol. The Bertz CT molecular complexity index is 944. The van der Waals surface area contributed by atoms with Gasteiger partial charge in [0, 0.05) is 5.92 Å². The van der Waals surface area contributed by atoms with Crippen molar-refractivity contribution in [1.82, 2.24) is 0 Å². The molecule has 136 valence electrons. The van der Waals surface area contributed by atoms with Crippen LogP contribution in [0.5, 0.6) is 0 Å². The minimum Gasteiger partial charge on any atom is -0.138 e. The van der Waals surface area contributed by atoms with Crippen molar-refractivity contribution in [3.8, 4) is 0 Å². The minimum absolute atomic E-state index is 0.437. The van der Waals surface area contributed by atoms with Crippen LogP contribution < -0.4 is 0 Å². The predicted octanol–water partition coefficient (Wildman–Crippen LogP) is 7.56. The van der Waals surface area contributed by atoms with Gasteiger partial charge >= 0.3 is 0 Å². The first-order valence-electron chi connectivity index (χ1n) is 10.0. The maximum Gasteiger partial charge on any atom is 0.0102 e. The summed E-state index contributed by atoms with van der Waals surface area (Å²) in [6.45, 7) is 0. The lowest BCUT2D eigenvalue weighted by Gasteiger charge is -2.22. The van der Waals surface area contributed by atoms with Gasteiger partial charge in [-0.15, -0.1) is 9.24 Å². The highest BCUT2D eigenvalue weighted by atomic mass is 31.0.